The lowest BCUT2D eigenvalue weighted by Crippen LogP contribution is -2.10. The van der Waals surface area contributed by atoms with E-state index in [-0.39, 0.29) is 5.78 Å². The third-order valence-electron chi connectivity index (χ3n) is 4.01. The van der Waals surface area contributed by atoms with Crippen LogP contribution in [-0.2, 0) is 0 Å². The number of carbonyl (C=O) groups is 1. The Morgan fingerprint density at radius 2 is 2.00 bits per heavy atom. The summed E-state index contributed by atoms with van der Waals surface area (Å²) in [6.45, 7) is 2.18. The molecule has 0 aromatic heterocycles. The number of Topliss-reactive ketones (excluding diaryl/α,β-unsaturated/α-hetero) is 1. The third-order valence-corrected chi connectivity index (χ3v) is 4.01. The second-order valence-corrected chi connectivity index (χ2v) is 5.38. The van der Waals surface area contributed by atoms with Crippen LogP contribution in [0.2, 0.25) is 0 Å². The van der Waals surface area contributed by atoms with Crippen LogP contribution in [0, 0.1) is 5.92 Å². The largest absolute Gasteiger partial charge is 0.316 e. The van der Waals surface area contributed by atoms with Crippen LogP contribution in [0.4, 0.5) is 0 Å². The highest BCUT2D eigenvalue weighted by molar-refractivity contribution is 5.99. The minimum Gasteiger partial charge on any atom is -0.316 e. The summed E-state index contributed by atoms with van der Waals surface area (Å²) in [4.78, 5) is 12.2. The fourth-order valence-electron chi connectivity index (χ4n) is 2.80. The number of nitrogens with one attached hydrogen (secondary N) is 1. The smallest absolute Gasteiger partial charge is 0.162 e. The zero-order valence-electron chi connectivity index (χ0n) is 11.1. The zero-order chi connectivity index (χ0) is 13.1. The number of ketones is 1. The van der Waals surface area contributed by atoms with Crippen molar-refractivity contribution in [3.63, 3.8) is 0 Å². The van der Waals surface area contributed by atoms with Gasteiger partial charge in [-0.3, -0.25) is 4.79 Å². The molecule has 98 valence electrons. The Morgan fingerprint density at radius 3 is 2.79 bits per heavy atom. The molecule has 1 heterocycles. The number of fused-ring (bicyclic) bond motifs is 1. The summed E-state index contributed by atoms with van der Waals surface area (Å²) in [5.41, 5.74) is 0.852. The molecule has 19 heavy (non-hydrogen) atoms. The van der Waals surface area contributed by atoms with Gasteiger partial charge < -0.3 is 5.32 Å². The molecule has 2 aromatic rings. The Kier molecular flexibility index (Phi) is 3.60. The summed E-state index contributed by atoms with van der Waals surface area (Å²) in [6, 6.07) is 14.2. The Balaban J connectivity index is 1.70. The van der Waals surface area contributed by atoms with E-state index >= 15 is 0 Å². The van der Waals surface area contributed by atoms with E-state index in [1.807, 2.05) is 30.3 Å². The van der Waals surface area contributed by atoms with Crippen molar-refractivity contribution in [1.82, 2.24) is 5.32 Å². The topological polar surface area (TPSA) is 29.1 Å². The van der Waals surface area contributed by atoms with Crippen molar-refractivity contribution >= 4 is 16.6 Å². The first kappa shape index (κ1) is 12.4. The number of benzene rings is 2. The van der Waals surface area contributed by atoms with E-state index < -0.39 is 0 Å². The molecule has 1 fully saturated rings. The fourth-order valence-corrected chi connectivity index (χ4v) is 2.80. The molecule has 0 aliphatic carbocycles. The standard InChI is InChI=1S/C17H19NO/c19-17(8-5-13-9-10-18-12-13)16-7-6-14-3-1-2-4-15(14)11-16/h1-4,6-7,11,13,18H,5,8-10,12H2. The normalized spacial score (nSPS) is 18.8. The Hall–Kier alpha value is -1.67. The number of hydrogen-bond donors (Lipinski definition) is 1. The molecule has 0 amide bonds. The zero-order valence-corrected chi connectivity index (χ0v) is 11.1. The first-order chi connectivity index (χ1) is 9.33. The van der Waals surface area contributed by atoms with Crippen molar-refractivity contribution in [1.29, 1.82) is 0 Å². The average Bonchev–Trinajstić information content (AvgIpc) is 2.97. The first-order valence-electron chi connectivity index (χ1n) is 7.05. The Morgan fingerprint density at radius 1 is 1.16 bits per heavy atom. The van der Waals surface area contributed by atoms with Gasteiger partial charge >= 0.3 is 0 Å². The summed E-state index contributed by atoms with van der Waals surface area (Å²) in [7, 11) is 0. The molecular formula is C17H19NO. The van der Waals surface area contributed by atoms with Crippen LogP contribution in [0.25, 0.3) is 10.8 Å². The van der Waals surface area contributed by atoms with Gasteiger partial charge in [0.25, 0.3) is 0 Å². The van der Waals surface area contributed by atoms with Gasteiger partial charge in [-0.2, -0.15) is 0 Å². The number of carbonyl (C=O) groups excluding carboxylic acids is 1. The van der Waals surface area contributed by atoms with E-state index in [4.69, 9.17) is 0 Å². The molecule has 2 aromatic carbocycles. The van der Waals surface area contributed by atoms with Crippen LogP contribution < -0.4 is 5.32 Å². The summed E-state index contributed by atoms with van der Waals surface area (Å²) in [5, 5.41) is 5.69. The summed E-state index contributed by atoms with van der Waals surface area (Å²) in [6.07, 6.45) is 2.90. The van der Waals surface area contributed by atoms with Gasteiger partial charge in [-0.1, -0.05) is 36.4 Å². The van der Waals surface area contributed by atoms with E-state index in [2.05, 4.69) is 17.4 Å². The van der Waals surface area contributed by atoms with Crippen LogP contribution in [0.15, 0.2) is 42.5 Å². The molecule has 0 bridgehead atoms. The molecule has 1 atom stereocenters. The van der Waals surface area contributed by atoms with Crippen LogP contribution >= 0.6 is 0 Å². The summed E-state index contributed by atoms with van der Waals surface area (Å²) in [5.74, 6) is 0.960. The second-order valence-electron chi connectivity index (χ2n) is 5.38. The van der Waals surface area contributed by atoms with Gasteiger partial charge in [0.2, 0.25) is 0 Å². The lowest BCUT2D eigenvalue weighted by Gasteiger charge is -2.07. The van der Waals surface area contributed by atoms with E-state index in [1.165, 1.54) is 11.8 Å². The summed E-state index contributed by atoms with van der Waals surface area (Å²) < 4.78 is 0. The SMILES string of the molecule is O=C(CCC1CCNC1)c1ccc2ccccc2c1. The quantitative estimate of drug-likeness (QED) is 0.846. The molecule has 1 aliphatic heterocycles. The highest BCUT2D eigenvalue weighted by Crippen LogP contribution is 2.19. The second kappa shape index (κ2) is 5.54. The van der Waals surface area contributed by atoms with Gasteiger partial charge in [-0.25, -0.2) is 0 Å². The predicted octanol–water partition coefficient (Wildman–Crippen LogP) is 3.41. The van der Waals surface area contributed by atoms with Crippen molar-refractivity contribution in [3.8, 4) is 0 Å². The van der Waals surface area contributed by atoms with Crippen molar-refractivity contribution in [2.75, 3.05) is 13.1 Å². The fraction of sp³-hybridized carbons (Fsp3) is 0.353. The number of hydrogen-bond acceptors (Lipinski definition) is 2. The minimum absolute atomic E-state index is 0.276. The molecular weight excluding hydrogens is 234 g/mol. The van der Waals surface area contributed by atoms with Gasteiger partial charge in [0, 0.05) is 12.0 Å². The van der Waals surface area contributed by atoms with E-state index in [9.17, 15) is 4.79 Å². The number of rotatable bonds is 4. The van der Waals surface area contributed by atoms with E-state index in [0.717, 1.165) is 30.5 Å². The highest BCUT2D eigenvalue weighted by atomic mass is 16.1. The Labute approximate surface area is 113 Å². The summed E-state index contributed by atoms with van der Waals surface area (Å²) >= 11 is 0. The van der Waals surface area contributed by atoms with Gasteiger partial charge in [0.05, 0.1) is 0 Å². The van der Waals surface area contributed by atoms with Crippen LogP contribution in [0.1, 0.15) is 29.6 Å². The van der Waals surface area contributed by atoms with Crippen molar-refractivity contribution in [3.05, 3.63) is 48.0 Å². The molecule has 0 saturated carbocycles. The van der Waals surface area contributed by atoms with Gasteiger partial charge in [0.1, 0.15) is 0 Å². The molecule has 2 nitrogen and oxygen atoms in total. The van der Waals surface area contributed by atoms with Crippen molar-refractivity contribution in [2.24, 2.45) is 5.92 Å². The maximum Gasteiger partial charge on any atom is 0.162 e. The highest BCUT2D eigenvalue weighted by Gasteiger charge is 2.16. The average molecular weight is 253 g/mol. The molecule has 1 unspecified atom stereocenters. The molecule has 1 saturated heterocycles. The molecule has 1 N–H and O–H groups in total. The Bertz CT molecular complexity index is 585. The maximum absolute atomic E-state index is 12.2. The molecule has 3 rings (SSSR count). The van der Waals surface area contributed by atoms with Crippen LogP contribution in [-0.4, -0.2) is 18.9 Å². The lowest BCUT2D eigenvalue weighted by atomic mass is 9.97. The molecule has 2 heteroatoms. The van der Waals surface area contributed by atoms with Crippen molar-refractivity contribution in [2.45, 2.75) is 19.3 Å². The molecule has 0 radical (unpaired) electrons. The molecule has 0 spiro atoms. The maximum atomic E-state index is 12.2. The third kappa shape index (κ3) is 2.85. The van der Waals surface area contributed by atoms with Gasteiger partial charge in [-0.05, 0) is 48.7 Å². The molecule has 1 aliphatic rings. The predicted molar refractivity (Wildman–Crippen MR) is 78.5 cm³/mol. The first-order valence-corrected chi connectivity index (χ1v) is 7.05. The van der Waals surface area contributed by atoms with Crippen LogP contribution in [0.5, 0.6) is 0 Å². The van der Waals surface area contributed by atoms with Gasteiger partial charge in [0.15, 0.2) is 5.78 Å². The van der Waals surface area contributed by atoms with Crippen LogP contribution in [0.3, 0.4) is 0 Å². The van der Waals surface area contributed by atoms with Gasteiger partial charge in [-0.15, -0.1) is 0 Å². The minimum atomic E-state index is 0.276. The van der Waals surface area contributed by atoms with E-state index in [0.29, 0.717) is 12.3 Å². The van der Waals surface area contributed by atoms with E-state index in [1.54, 1.807) is 0 Å². The lowest BCUT2D eigenvalue weighted by molar-refractivity contribution is 0.0975. The van der Waals surface area contributed by atoms with Crippen molar-refractivity contribution < 1.29 is 4.79 Å². The monoisotopic (exact) mass is 253 g/mol.